The minimum Gasteiger partial charge on any atom is -0.354 e. The Morgan fingerprint density at radius 3 is 3.00 bits per heavy atom. The maximum absolute atomic E-state index is 4.61. The van der Waals surface area contributed by atoms with E-state index in [1.165, 1.54) is 22.9 Å². The smallest absolute Gasteiger partial charge is 0.150 e. The molecule has 0 bridgehead atoms. The van der Waals surface area contributed by atoms with Crippen LogP contribution in [0.25, 0.3) is 10.1 Å². The van der Waals surface area contributed by atoms with Crippen molar-refractivity contribution in [3.8, 4) is 0 Å². The second kappa shape index (κ2) is 5.87. The van der Waals surface area contributed by atoms with Gasteiger partial charge in [0, 0.05) is 25.0 Å². The van der Waals surface area contributed by atoms with Gasteiger partial charge < -0.3 is 10.2 Å². The summed E-state index contributed by atoms with van der Waals surface area (Å²) in [5.74, 6) is 1.14. The highest BCUT2D eigenvalue weighted by atomic mass is 35.5. The van der Waals surface area contributed by atoms with Crippen LogP contribution < -0.4 is 10.2 Å². The van der Waals surface area contributed by atoms with Crippen LogP contribution in [-0.2, 0) is 0 Å². The highest BCUT2D eigenvalue weighted by Gasteiger charge is 2.21. The molecule has 98 valence electrons. The molecule has 18 heavy (non-hydrogen) atoms. The maximum atomic E-state index is 4.61. The molecule has 0 spiro atoms. The molecule has 1 aliphatic rings. The maximum Gasteiger partial charge on any atom is 0.150 e. The summed E-state index contributed by atoms with van der Waals surface area (Å²) in [5, 5.41) is 4.74. The lowest BCUT2D eigenvalue weighted by Gasteiger charge is -2.32. The Kier molecular flexibility index (Phi) is 4.43. The monoisotopic (exact) mass is 283 g/mol. The van der Waals surface area contributed by atoms with E-state index in [9.17, 15) is 0 Å². The Morgan fingerprint density at radius 2 is 2.22 bits per heavy atom. The second-order valence-electron chi connectivity index (χ2n) is 4.61. The number of nitrogens with zero attached hydrogens (tertiary/aromatic N) is 2. The zero-order valence-corrected chi connectivity index (χ0v) is 12.1. The normalized spacial score (nSPS) is 19.5. The third-order valence-corrected chi connectivity index (χ3v) is 4.33. The SMILES string of the molecule is CN(c1nsc2ccccc12)C1CCCNC1.Cl. The number of hydrogen-bond acceptors (Lipinski definition) is 4. The van der Waals surface area contributed by atoms with E-state index < -0.39 is 0 Å². The summed E-state index contributed by atoms with van der Waals surface area (Å²) in [6, 6.07) is 9.05. The van der Waals surface area contributed by atoms with Crippen LogP contribution in [0.1, 0.15) is 12.8 Å². The Bertz CT molecular complexity index is 508. The van der Waals surface area contributed by atoms with E-state index >= 15 is 0 Å². The lowest BCUT2D eigenvalue weighted by molar-refractivity contribution is 0.444. The summed E-state index contributed by atoms with van der Waals surface area (Å²) in [7, 11) is 2.17. The molecule has 1 atom stereocenters. The molecule has 1 aromatic carbocycles. The molecule has 0 aliphatic carbocycles. The molecule has 0 saturated carbocycles. The molecule has 1 fully saturated rings. The van der Waals surface area contributed by atoms with E-state index in [-0.39, 0.29) is 12.4 Å². The van der Waals surface area contributed by atoms with E-state index in [0.717, 1.165) is 18.9 Å². The highest BCUT2D eigenvalue weighted by molar-refractivity contribution is 7.13. The lowest BCUT2D eigenvalue weighted by atomic mass is 10.1. The molecular weight excluding hydrogens is 266 g/mol. The van der Waals surface area contributed by atoms with Crippen molar-refractivity contribution in [2.75, 3.05) is 25.0 Å². The zero-order chi connectivity index (χ0) is 11.7. The van der Waals surface area contributed by atoms with E-state index in [2.05, 4.69) is 45.9 Å². The van der Waals surface area contributed by atoms with Gasteiger partial charge in [-0.2, -0.15) is 4.37 Å². The first kappa shape index (κ1) is 13.6. The van der Waals surface area contributed by atoms with Gasteiger partial charge in [0.1, 0.15) is 5.82 Å². The van der Waals surface area contributed by atoms with E-state index in [1.807, 2.05) is 0 Å². The van der Waals surface area contributed by atoms with Gasteiger partial charge in [0.15, 0.2) is 0 Å². The van der Waals surface area contributed by atoms with Gasteiger partial charge in [0.25, 0.3) is 0 Å². The van der Waals surface area contributed by atoms with Crippen LogP contribution in [0.2, 0.25) is 0 Å². The molecule has 1 aromatic heterocycles. The number of anilines is 1. The van der Waals surface area contributed by atoms with Crippen LogP contribution >= 0.6 is 23.9 Å². The third kappa shape index (κ3) is 2.46. The summed E-state index contributed by atoms with van der Waals surface area (Å²) in [6.45, 7) is 2.23. The number of nitrogens with one attached hydrogen (secondary N) is 1. The molecule has 5 heteroatoms. The summed E-state index contributed by atoms with van der Waals surface area (Å²) in [5.41, 5.74) is 0. The first-order valence-corrected chi connectivity index (χ1v) is 6.91. The highest BCUT2D eigenvalue weighted by Crippen LogP contribution is 2.30. The number of likely N-dealkylation sites (N-methyl/N-ethyl adjacent to an activating group) is 1. The van der Waals surface area contributed by atoms with Crippen molar-refractivity contribution in [3.63, 3.8) is 0 Å². The number of rotatable bonds is 2. The molecule has 3 nitrogen and oxygen atoms in total. The summed E-state index contributed by atoms with van der Waals surface area (Å²) in [6.07, 6.45) is 2.52. The van der Waals surface area contributed by atoms with Crippen molar-refractivity contribution in [2.24, 2.45) is 0 Å². The standard InChI is InChI=1S/C13H17N3S.ClH/c1-16(10-5-4-8-14-9-10)13-11-6-2-3-7-12(11)17-15-13;/h2-3,6-7,10,14H,4-5,8-9H2,1H3;1H. The van der Waals surface area contributed by atoms with Gasteiger partial charge in [0.2, 0.25) is 0 Å². The quantitative estimate of drug-likeness (QED) is 0.919. The average Bonchev–Trinajstić information content (AvgIpc) is 2.83. The van der Waals surface area contributed by atoms with Gasteiger partial charge in [-0.15, -0.1) is 12.4 Å². The minimum absolute atomic E-state index is 0. The number of hydrogen-bond donors (Lipinski definition) is 1. The van der Waals surface area contributed by atoms with Crippen LogP contribution in [0.5, 0.6) is 0 Å². The fourth-order valence-electron chi connectivity index (χ4n) is 2.46. The first-order valence-electron chi connectivity index (χ1n) is 6.14. The first-order chi connectivity index (χ1) is 8.36. The number of benzene rings is 1. The Labute approximate surface area is 118 Å². The van der Waals surface area contributed by atoms with Crippen molar-refractivity contribution in [1.29, 1.82) is 0 Å². The molecular formula is C13H18ClN3S. The molecule has 1 unspecified atom stereocenters. The van der Waals surface area contributed by atoms with E-state index in [1.54, 1.807) is 11.5 Å². The number of aromatic nitrogens is 1. The van der Waals surface area contributed by atoms with Gasteiger partial charge in [-0.3, -0.25) is 0 Å². The van der Waals surface area contributed by atoms with Crippen molar-refractivity contribution in [3.05, 3.63) is 24.3 Å². The van der Waals surface area contributed by atoms with Crippen LogP contribution in [0.4, 0.5) is 5.82 Å². The topological polar surface area (TPSA) is 28.2 Å². The lowest BCUT2D eigenvalue weighted by Crippen LogP contribution is -2.44. The predicted molar refractivity (Wildman–Crippen MR) is 81.2 cm³/mol. The minimum atomic E-state index is 0. The predicted octanol–water partition coefficient (Wildman–Crippen LogP) is 2.91. The Balaban J connectivity index is 0.00000120. The third-order valence-electron chi connectivity index (χ3n) is 3.51. The van der Waals surface area contributed by atoms with Crippen molar-refractivity contribution < 1.29 is 0 Å². The molecule has 3 rings (SSSR count). The second-order valence-corrected chi connectivity index (χ2v) is 5.42. The average molecular weight is 284 g/mol. The van der Waals surface area contributed by atoms with Crippen LogP contribution in [0.3, 0.4) is 0 Å². The molecule has 1 aliphatic heterocycles. The number of piperidine rings is 1. The molecule has 1 saturated heterocycles. The van der Waals surface area contributed by atoms with Gasteiger partial charge in [-0.25, -0.2) is 0 Å². The van der Waals surface area contributed by atoms with Crippen molar-refractivity contribution in [2.45, 2.75) is 18.9 Å². The fraction of sp³-hybridized carbons (Fsp3) is 0.462. The largest absolute Gasteiger partial charge is 0.354 e. The van der Waals surface area contributed by atoms with Crippen LogP contribution in [0, 0.1) is 0 Å². The van der Waals surface area contributed by atoms with Crippen molar-refractivity contribution >= 4 is 39.8 Å². The van der Waals surface area contributed by atoms with E-state index in [0.29, 0.717) is 6.04 Å². The zero-order valence-electron chi connectivity index (χ0n) is 10.4. The van der Waals surface area contributed by atoms with Gasteiger partial charge in [0.05, 0.1) is 4.70 Å². The van der Waals surface area contributed by atoms with Gasteiger partial charge >= 0.3 is 0 Å². The summed E-state index contributed by atoms with van der Waals surface area (Å²) < 4.78 is 5.89. The van der Waals surface area contributed by atoms with Crippen LogP contribution in [0.15, 0.2) is 24.3 Å². The molecule has 0 amide bonds. The number of halogens is 1. The molecule has 1 N–H and O–H groups in total. The van der Waals surface area contributed by atoms with E-state index in [4.69, 9.17) is 0 Å². The molecule has 2 aromatic rings. The fourth-order valence-corrected chi connectivity index (χ4v) is 3.27. The summed E-state index contributed by atoms with van der Waals surface area (Å²) >= 11 is 1.59. The Morgan fingerprint density at radius 1 is 1.39 bits per heavy atom. The molecule has 0 radical (unpaired) electrons. The molecule has 2 heterocycles. The summed E-state index contributed by atoms with van der Waals surface area (Å²) in [4.78, 5) is 2.34. The number of fused-ring (bicyclic) bond motifs is 1. The van der Waals surface area contributed by atoms with Crippen molar-refractivity contribution in [1.82, 2.24) is 9.69 Å². The van der Waals surface area contributed by atoms with Crippen LogP contribution in [-0.4, -0.2) is 30.6 Å². The van der Waals surface area contributed by atoms with Gasteiger partial charge in [-0.1, -0.05) is 12.1 Å². The Hall–Kier alpha value is -0.840. The van der Waals surface area contributed by atoms with Gasteiger partial charge in [-0.05, 0) is 43.1 Å².